The van der Waals surface area contributed by atoms with Crippen molar-refractivity contribution in [2.24, 2.45) is 11.8 Å². The SMILES string of the molecule is CCc1nn(CCCC(=O)N2C[C@@H](C)C[C@H](C)C2)c(=O)c2cc3oc(C)cc3n12. The summed E-state index contributed by atoms with van der Waals surface area (Å²) in [5.41, 5.74) is 2.03. The largest absolute Gasteiger partial charge is 0.460 e. The summed E-state index contributed by atoms with van der Waals surface area (Å²) in [6, 6.07) is 3.73. The van der Waals surface area contributed by atoms with Gasteiger partial charge in [-0.05, 0) is 31.6 Å². The van der Waals surface area contributed by atoms with Crippen LogP contribution in [0, 0.1) is 18.8 Å². The van der Waals surface area contributed by atoms with Crippen molar-refractivity contribution in [3.05, 3.63) is 34.1 Å². The van der Waals surface area contributed by atoms with Crippen LogP contribution in [0.5, 0.6) is 0 Å². The van der Waals surface area contributed by atoms with Crippen LogP contribution < -0.4 is 5.56 Å². The molecule has 1 fully saturated rings. The number of hydrogen-bond acceptors (Lipinski definition) is 4. The molecule has 0 spiro atoms. The van der Waals surface area contributed by atoms with Crippen molar-refractivity contribution in [3.63, 3.8) is 0 Å². The van der Waals surface area contributed by atoms with Gasteiger partial charge in [0.25, 0.3) is 5.56 Å². The molecule has 0 radical (unpaired) electrons. The number of likely N-dealkylation sites (tertiary alicyclic amines) is 1. The predicted molar refractivity (Wildman–Crippen MR) is 112 cm³/mol. The number of amides is 1. The lowest BCUT2D eigenvalue weighted by atomic mass is 9.91. The van der Waals surface area contributed by atoms with Gasteiger partial charge < -0.3 is 9.32 Å². The number of hydrogen-bond donors (Lipinski definition) is 0. The molecule has 4 heterocycles. The third-order valence-corrected chi connectivity index (χ3v) is 5.86. The Bertz CT molecular complexity index is 1100. The van der Waals surface area contributed by atoms with E-state index in [0.29, 0.717) is 48.7 Å². The molecule has 1 amide bonds. The van der Waals surface area contributed by atoms with Crippen LogP contribution in [0.3, 0.4) is 0 Å². The molecule has 1 saturated heterocycles. The number of rotatable bonds is 5. The molecular formula is C22H30N4O3. The molecule has 1 aliphatic rings. The first-order chi connectivity index (χ1) is 13.9. The van der Waals surface area contributed by atoms with E-state index in [9.17, 15) is 9.59 Å². The number of carbonyl (C=O) groups excluding carboxylic acids is 1. The summed E-state index contributed by atoms with van der Waals surface area (Å²) in [7, 11) is 0. The van der Waals surface area contributed by atoms with Crippen molar-refractivity contribution in [3.8, 4) is 0 Å². The minimum absolute atomic E-state index is 0.140. The van der Waals surface area contributed by atoms with E-state index in [4.69, 9.17) is 4.42 Å². The average molecular weight is 399 g/mol. The van der Waals surface area contributed by atoms with Gasteiger partial charge in [0, 0.05) is 44.6 Å². The summed E-state index contributed by atoms with van der Waals surface area (Å²) in [6.45, 7) is 10.5. The van der Waals surface area contributed by atoms with Gasteiger partial charge in [0.15, 0.2) is 5.58 Å². The highest BCUT2D eigenvalue weighted by Crippen LogP contribution is 2.24. The van der Waals surface area contributed by atoms with Gasteiger partial charge >= 0.3 is 0 Å². The Labute approximate surface area is 170 Å². The molecule has 3 aromatic heterocycles. The van der Waals surface area contributed by atoms with E-state index in [1.165, 1.54) is 11.1 Å². The molecule has 0 bridgehead atoms. The fourth-order valence-corrected chi connectivity index (χ4v) is 4.70. The predicted octanol–water partition coefficient (Wildman–Crippen LogP) is 3.40. The van der Waals surface area contributed by atoms with E-state index in [1.54, 1.807) is 6.07 Å². The summed E-state index contributed by atoms with van der Waals surface area (Å²) in [5, 5.41) is 4.58. The lowest BCUT2D eigenvalue weighted by molar-refractivity contribution is -0.134. The third kappa shape index (κ3) is 3.70. The van der Waals surface area contributed by atoms with E-state index >= 15 is 0 Å². The topological polar surface area (TPSA) is 72.8 Å². The van der Waals surface area contributed by atoms with Gasteiger partial charge in [0.05, 0.1) is 5.52 Å². The van der Waals surface area contributed by atoms with Gasteiger partial charge in [-0.1, -0.05) is 20.8 Å². The lowest BCUT2D eigenvalue weighted by Crippen LogP contribution is -2.42. The van der Waals surface area contributed by atoms with Crippen molar-refractivity contribution in [1.82, 2.24) is 19.1 Å². The number of carbonyl (C=O) groups is 1. The van der Waals surface area contributed by atoms with Gasteiger partial charge in [-0.25, -0.2) is 4.68 Å². The van der Waals surface area contributed by atoms with Crippen molar-refractivity contribution >= 4 is 22.5 Å². The number of aromatic nitrogens is 3. The monoisotopic (exact) mass is 398 g/mol. The minimum Gasteiger partial charge on any atom is -0.460 e. The maximum atomic E-state index is 13.0. The van der Waals surface area contributed by atoms with Gasteiger partial charge in [-0.2, -0.15) is 5.10 Å². The minimum atomic E-state index is -0.140. The second kappa shape index (κ2) is 7.69. The highest BCUT2D eigenvalue weighted by atomic mass is 16.3. The number of aryl methyl sites for hydroxylation is 3. The number of nitrogens with zero attached hydrogens (tertiary/aromatic N) is 4. The molecule has 0 aliphatic carbocycles. The lowest BCUT2D eigenvalue weighted by Gasteiger charge is -2.35. The first-order valence-electron chi connectivity index (χ1n) is 10.7. The van der Waals surface area contributed by atoms with Gasteiger partial charge in [0.2, 0.25) is 5.91 Å². The smallest absolute Gasteiger partial charge is 0.291 e. The van der Waals surface area contributed by atoms with Crippen molar-refractivity contribution in [1.29, 1.82) is 0 Å². The second-order valence-corrected chi connectivity index (χ2v) is 8.62. The van der Waals surface area contributed by atoms with Crippen LogP contribution in [0.2, 0.25) is 0 Å². The molecular weight excluding hydrogens is 368 g/mol. The molecule has 29 heavy (non-hydrogen) atoms. The van der Waals surface area contributed by atoms with E-state index in [2.05, 4.69) is 18.9 Å². The van der Waals surface area contributed by atoms with Gasteiger partial charge in [0.1, 0.15) is 17.1 Å². The van der Waals surface area contributed by atoms with Crippen LogP contribution in [-0.2, 0) is 17.8 Å². The highest BCUT2D eigenvalue weighted by molar-refractivity contribution is 5.83. The van der Waals surface area contributed by atoms with E-state index in [1.807, 2.05) is 29.2 Å². The Kier molecular flexibility index (Phi) is 5.23. The van der Waals surface area contributed by atoms with Crippen molar-refractivity contribution in [2.45, 2.75) is 59.9 Å². The summed E-state index contributed by atoms with van der Waals surface area (Å²) >= 11 is 0. The fourth-order valence-electron chi connectivity index (χ4n) is 4.70. The maximum absolute atomic E-state index is 13.0. The van der Waals surface area contributed by atoms with Crippen molar-refractivity contribution < 1.29 is 9.21 Å². The molecule has 7 heteroatoms. The van der Waals surface area contributed by atoms with Gasteiger partial charge in [-0.15, -0.1) is 0 Å². The Morgan fingerprint density at radius 3 is 2.62 bits per heavy atom. The number of furan rings is 1. The molecule has 156 valence electrons. The highest BCUT2D eigenvalue weighted by Gasteiger charge is 2.25. The number of fused-ring (bicyclic) bond motifs is 3. The van der Waals surface area contributed by atoms with Crippen LogP contribution in [0.25, 0.3) is 16.6 Å². The Morgan fingerprint density at radius 1 is 1.21 bits per heavy atom. The molecule has 2 atom stereocenters. The molecule has 0 N–H and O–H groups in total. The second-order valence-electron chi connectivity index (χ2n) is 8.62. The van der Waals surface area contributed by atoms with Crippen LogP contribution in [0.4, 0.5) is 0 Å². The average Bonchev–Trinajstić information content (AvgIpc) is 3.19. The molecule has 7 nitrogen and oxygen atoms in total. The van der Waals surface area contributed by atoms with Crippen LogP contribution >= 0.6 is 0 Å². The van der Waals surface area contributed by atoms with Gasteiger partial charge in [-0.3, -0.25) is 14.0 Å². The van der Waals surface area contributed by atoms with Crippen LogP contribution in [0.15, 0.2) is 21.3 Å². The first kappa shape index (κ1) is 19.7. The van der Waals surface area contributed by atoms with Crippen molar-refractivity contribution in [2.75, 3.05) is 13.1 Å². The van der Waals surface area contributed by atoms with Crippen LogP contribution in [-0.4, -0.2) is 38.1 Å². The standard InChI is InChI=1S/C22H30N4O3/c1-5-20-23-25(8-6-7-21(27)24-12-14(2)9-15(3)13-24)22(28)18-11-19-17(26(18)20)10-16(4)29-19/h10-11,14-15H,5-9,12-13H2,1-4H3/t14-,15-/m0/s1. The number of piperidine rings is 1. The molecule has 0 unspecified atom stereocenters. The normalized spacial score (nSPS) is 20.1. The quantitative estimate of drug-likeness (QED) is 0.660. The zero-order valence-corrected chi connectivity index (χ0v) is 17.8. The molecule has 3 aromatic rings. The molecule has 4 rings (SSSR count). The molecule has 0 saturated carbocycles. The molecule has 0 aromatic carbocycles. The summed E-state index contributed by atoms with van der Waals surface area (Å²) < 4.78 is 9.10. The summed E-state index contributed by atoms with van der Waals surface area (Å²) in [6.07, 6.45) is 2.94. The zero-order valence-electron chi connectivity index (χ0n) is 17.8. The fraction of sp³-hybridized carbons (Fsp3) is 0.591. The maximum Gasteiger partial charge on any atom is 0.291 e. The summed E-state index contributed by atoms with van der Waals surface area (Å²) in [5.74, 6) is 2.93. The zero-order chi connectivity index (χ0) is 20.7. The summed E-state index contributed by atoms with van der Waals surface area (Å²) in [4.78, 5) is 27.6. The third-order valence-electron chi connectivity index (χ3n) is 5.86. The van der Waals surface area contributed by atoms with Crippen LogP contribution in [0.1, 0.15) is 51.6 Å². The van der Waals surface area contributed by atoms with E-state index in [0.717, 1.165) is 30.2 Å². The Hall–Kier alpha value is -2.57. The Morgan fingerprint density at radius 2 is 1.93 bits per heavy atom. The first-order valence-corrected chi connectivity index (χ1v) is 10.7. The molecule has 1 aliphatic heterocycles. The van der Waals surface area contributed by atoms with E-state index < -0.39 is 0 Å². The van der Waals surface area contributed by atoms with E-state index in [-0.39, 0.29) is 11.5 Å². The Balaban J connectivity index is 1.52.